The smallest absolute Gasteiger partial charge is 0.0253 e. The third-order valence-corrected chi connectivity index (χ3v) is 9.32. The van der Waals surface area contributed by atoms with Crippen LogP contribution in [0.2, 0.25) is 0 Å². The molecule has 7 rings (SSSR count). The van der Waals surface area contributed by atoms with Crippen LogP contribution in [0.3, 0.4) is 0 Å². The fourth-order valence-corrected chi connectivity index (χ4v) is 6.36. The van der Waals surface area contributed by atoms with E-state index in [1.54, 1.807) is 0 Å². The molecule has 1 aliphatic rings. The molecule has 0 heterocycles. The summed E-state index contributed by atoms with van der Waals surface area (Å²) in [7, 11) is 0. The van der Waals surface area contributed by atoms with E-state index in [-0.39, 0.29) is 35.9 Å². The molecule has 0 saturated carbocycles. The summed E-state index contributed by atoms with van der Waals surface area (Å²) in [6, 6.07) is 42.3. The van der Waals surface area contributed by atoms with Crippen molar-refractivity contribution >= 4 is 3.21 Å². The van der Waals surface area contributed by atoms with Gasteiger partial charge in [-0.15, -0.1) is 5.56 Å². The second-order valence-electron chi connectivity index (χ2n) is 11.4. The van der Waals surface area contributed by atoms with Gasteiger partial charge in [-0.05, 0) is 6.42 Å². The quantitative estimate of drug-likeness (QED) is 0.162. The summed E-state index contributed by atoms with van der Waals surface area (Å²) in [4.78, 5) is 0. The average molecular weight is 799 g/mol. The molecule has 6 aromatic carbocycles. The van der Waals surface area contributed by atoms with Crippen molar-refractivity contribution in [3.63, 3.8) is 0 Å². The molecule has 0 fully saturated rings. The molecule has 9 heteroatoms. The fourth-order valence-electron chi connectivity index (χ4n) is 5.60. The Hall–Kier alpha value is -3.64. The third-order valence-electron chi connectivity index (χ3n) is 7.90. The summed E-state index contributed by atoms with van der Waals surface area (Å²) in [6.45, 7) is 4.30. The van der Waals surface area contributed by atoms with Crippen LogP contribution in [0.1, 0.15) is 44.5 Å². The monoisotopic (exact) mass is 796 g/mol. The molecule has 0 aromatic heterocycles. The van der Waals surface area contributed by atoms with E-state index in [1.807, 2.05) is 6.07 Å². The maximum absolute atomic E-state index is 12.7. The summed E-state index contributed by atoms with van der Waals surface area (Å²) >= 11 is 0.729. The van der Waals surface area contributed by atoms with Gasteiger partial charge >= 0.3 is 137 Å². The number of alkyl halides is 6. The van der Waals surface area contributed by atoms with Gasteiger partial charge in [0.2, 0.25) is 0 Å². The SMILES string of the molecule is Cc1cc(-c2ccccc2)c(C)[cH-]1.FC(F)(F)c1cccc([C](=[Zr+2])c2cccc(C(F)(F)F)c2)c1.[Cl-].[Cl-].[c-]1cccc2c1Cc1ccccc1-2. The Morgan fingerprint density at radius 1 is 0.620 bits per heavy atom. The number of aryl methyl sites for hydroxylation is 2. The summed E-state index contributed by atoms with van der Waals surface area (Å²) in [5, 5.41) is 0. The van der Waals surface area contributed by atoms with Crippen LogP contribution in [0.25, 0.3) is 22.3 Å². The van der Waals surface area contributed by atoms with E-state index >= 15 is 0 Å². The number of hydrogen-bond acceptors (Lipinski definition) is 0. The Kier molecular flexibility index (Phi) is 14.3. The van der Waals surface area contributed by atoms with E-state index in [2.05, 4.69) is 98.8 Å². The molecule has 0 bridgehead atoms. The third kappa shape index (κ3) is 10.2. The largest absolute Gasteiger partial charge is 1.00 e. The van der Waals surface area contributed by atoms with Crippen LogP contribution in [0.5, 0.6) is 0 Å². The van der Waals surface area contributed by atoms with Crippen LogP contribution in [0.15, 0.2) is 133 Å². The Morgan fingerprint density at radius 2 is 1.16 bits per heavy atom. The molecule has 0 unspecified atom stereocenters. The fraction of sp³-hybridized carbons (Fsp3) is 0.122. The van der Waals surface area contributed by atoms with Gasteiger partial charge in [-0.2, -0.15) is 52.6 Å². The Bertz CT molecular complexity index is 1920. The van der Waals surface area contributed by atoms with Crippen molar-refractivity contribution in [2.45, 2.75) is 32.6 Å². The molecule has 0 aliphatic heterocycles. The van der Waals surface area contributed by atoms with E-state index in [9.17, 15) is 26.3 Å². The minimum absolute atomic E-state index is 0. The first-order chi connectivity index (χ1) is 22.8. The zero-order chi connectivity index (χ0) is 34.5. The molecular weight excluding hydrogens is 769 g/mol. The number of rotatable bonds is 3. The van der Waals surface area contributed by atoms with Crippen molar-refractivity contribution in [2.24, 2.45) is 0 Å². The van der Waals surface area contributed by atoms with Crippen LogP contribution in [0.4, 0.5) is 26.3 Å². The molecule has 50 heavy (non-hydrogen) atoms. The normalized spacial score (nSPS) is 11.3. The maximum Gasteiger partial charge on any atom is -0.0253 e. The summed E-state index contributed by atoms with van der Waals surface area (Å²) in [5.41, 5.74) is 9.79. The summed E-state index contributed by atoms with van der Waals surface area (Å²) in [6.07, 6.45) is -7.92. The first-order valence-corrected chi connectivity index (χ1v) is 16.3. The van der Waals surface area contributed by atoms with Crippen LogP contribution < -0.4 is 24.8 Å². The molecule has 6 aromatic rings. The number of benzene rings is 5. The molecule has 0 radical (unpaired) electrons. The Labute approximate surface area is 315 Å². The first kappa shape index (κ1) is 40.8. The predicted molar refractivity (Wildman–Crippen MR) is 177 cm³/mol. The molecule has 1 aliphatic carbocycles. The van der Waals surface area contributed by atoms with Crippen LogP contribution in [0, 0.1) is 19.9 Å². The summed E-state index contributed by atoms with van der Waals surface area (Å²) in [5.74, 6) is 0. The van der Waals surface area contributed by atoms with E-state index in [1.165, 1.54) is 68.8 Å². The van der Waals surface area contributed by atoms with Gasteiger partial charge in [0.05, 0.1) is 0 Å². The van der Waals surface area contributed by atoms with Gasteiger partial charge in [-0.1, -0.05) is 85.1 Å². The minimum Gasteiger partial charge on any atom is -1.00 e. The van der Waals surface area contributed by atoms with Gasteiger partial charge in [0, 0.05) is 0 Å². The van der Waals surface area contributed by atoms with E-state index < -0.39 is 23.5 Å². The number of hydrogen-bond donors (Lipinski definition) is 0. The molecule has 0 amide bonds. The van der Waals surface area contributed by atoms with E-state index in [0.717, 1.165) is 54.9 Å². The molecular formula is C41H30Cl2F6Zr-2. The van der Waals surface area contributed by atoms with E-state index in [4.69, 9.17) is 0 Å². The van der Waals surface area contributed by atoms with Crippen molar-refractivity contribution in [1.29, 1.82) is 0 Å². The first-order valence-electron chi connectivity index (χ1n) is 15.1. The molecule has 0 saturated heterocycles. The number of fused-ring (bicyclic) bond motifs is 3. The molecule has 0 atom stereocenters. The van der Waals surface area contributed by atoms with E-state index in [0.29, 0.717) is 3.21 Å². The van der Waals surface area contributed by atoms with Crippen LogP contribution in [-0.2, 0) is 43.0 Å². The summed E-state index contributed by atoms with van der Waals surface area (Å²) < 4.78 is 76.7. The predicted octanol–water partition coefficient (Wildman–Crippen LogP) is 5.60. The topological polar surface area (TPSA) is 0 Å². The van der Waals surface area contributed by atoms with Gasteiger partial charge in [0.25, 0.3) is 0 Å². The van der Waals surface area contributed by atoms with Crippen molar-refractivity contribution < 1.29 is 75.4 Å². The molecule has 0 spiro atoms. The van der Waals surface area contributed by atoms with Gasteiger partial charge in [0.15, 0.2) is 0 Å². The van der Waals surface area contributed by atoms with Crippen molar-refractivity contribution in [2.75, 3.05) is 0 Å². The van der Waals surface area contributed by atoms with Crippen LogP contribution >= 0.6 is 0 Å². The Morgan fingerprint density at radius 3 is 1.70 bits per heavy atom. The van der Waals surface area contributed by atoms with Crippen molar-refractivity contribution in [3.05, 3.63) is 184 Å². The second kappa shape index (κ2) is 17.5. The van der Waals surface area contributed by atoms with Gasteiger partial charge < -0.3 is 24.8 Å². The van der Waals surface area contributed by atoms with Crippen molar-refractivity contribution in [1.82, 2.24) is 0 Å². The average Bonchev–Trinajstić information content (AvgIpc) is 3.63. The minimum atomic E-state index is -4.49. The maximum atomic E-state index is 12.7. The standard InChI is InChI=1S/C15H8F6.C13H9.C13H13.2ClH.Zr/c16-14(17,18)12-5-1-3-10(8-12)7-11-4-2-6-13(9-11)15(19,20)21;1-3-7-12-10(5-1)9-11-6-2-4-8-13(11)12;1-10-8-11(2)13(9-10)12-6-4-3-5-7-12;;;/h1-6,8-9H;1-5,7-8H,9H2;3-9H,1-2H3;2*1H;/q;2*-1;;;+2/p-2. The van der Waals surface area contributed by atoms with Gasteiger partial charge in [0.1, 0.15) is 0 Å². The van der Waals surface area contributed by atoms with Crippen LogP contribution in [-0.4, -0.2) is 3.21 Å². The second-order valence-corrected chi connectivity index (χ2v) is 12.7. The molecule has 0 N–H and O–H groups in total. The molecule has 0 nitrogen and oxygen atoms in total. The van der Waals surface area contributed by atoms with Crippen molar-refractivity contribution in [3.8, 4) is 22.3 Å². The zero-order valence-corrected chi connectivity index (χ0v) is 30.9. The molecule has 256 valence electrons. The zero-order valence-electron chi connectivity index (χ0n) is 26.9. The van der Waals surface area contributed by atoms with Gasteiger partial charge in [-0.25, -0.2) is 6.07 Å². The number of halogens is 8. The Balaban J connectivity index is 0.000000209. The van der Waals surface area contributed by atoms with Gasteiger partial charge in [-0.3, -0.25) is 0 Å².